The Hall–Kier alpha value is -1.17. The predicted molar refractivity (Wildman–Crippen MR) is 82.3 cm³/mol. The van der Waals surface area contributed by atoms with Crippen LogP contribution in [0.15, 0.2) is 6.07 Å². The molecule has 1 heterocycles. The lowest BCUT2D eigenvalue weighted by Crippen LogP contribution is -2.19. The second kappa shape index (κ2) is 6.73. The molecule has 1 aromatic heterocycles. The van der Waals surface area contributed by atoms with E-state index in [1.807, 2.05) is 17.7 Å². The Morgan fingerprint density at radius 2 is 2.19 bits per heavy atom. The van der Waals surface area contributed by atoms with E-state index in [1.54, 1.807) is 0 Å². The zero-order valence-corrected chi connectivity index (χ0v) is 13.9. The van der Waals surface area contributed by atoms with E-state index >= 15 is 0 Å². The molecule has 0 aromatic carbocycles. The summed E-state index contributed by atoms with van der Waals surface area (Å²) in [6.45, 7) is 4.90. The van der Waals surface area contributed by atoms with Crippen molar-refractivity contribution >= 4 is 16.8 Å². The molecule has 5 nitrogen and oxygen atoms in total. The number of hydrogen-bond donors (Lipinski definition) is 0. The van der Waals surface area contributed by atoms with Crippen molar-refractivity contribution < 1.29 is 13.7 Å². The summed E-state index contributed by atoms with van der Waals surface area (Å²) in [5.41, 5.74) is 1.99. The number of esters is 1. The smallest absolute Gasteiger partial charge is 0.306 e. The van der Waals surface area contributed by atoms with Gasteiger partial charge in [-0.3, -0.25) is 13.7 Å². The van der Waals surface area contributed by atoms with Crippen LogP contribution in [0.1, 0.15) is 44.5 Å². The normalized spacial score (nSPS) is 17.5. The van der Waals surface area contributed by atoms with Gasteiger partial charge in [0.1, 0.15) is 0 Å². The summed E-state index contributed by atoms with van der Waals surface area (Å²) in [6, 6.07) is 2.04. The molecule has 1 unspecified atom stereocenters. The predicted octanol–water partition coefficient (Wildman–Crippen LogP) is 2.06. The molecule has 1 aliphatic rings. The van der Waals surface area contributed by atoms with E-state index in [2.05, 4.69) is 12.0 Å². The van der Waals surface area contributed by atoms with Gasteiger partial charge in [0.2, 0.25) is 0 Å². The SMILES string of the molecule is CCc1cc(CS(=O)CC2(CC(=O)OC)CC2)n(CC)n1. The molecule has 1 atom stereocenters. The Morgan fingerprint density at radius 1 is 1.48 bits per heavy atom. The van der Waals surface area contributed by atoms with Crippen molar-refractivity contribution in [1.29, 1.82) is 0 Å². The number of rotatable bonds is 8. The fourth-order valence-corrected chi connectivity index (χ4v) is 4.30. The zero-order chi connectivity index (χ0) is 15.5. The molecular formula is C15H24N2O3S. The van der Waals surface area contributed by atoms with Gasteiger partial charge >= 0.3 is 5.97 Å². The van der Waals surface area contributed by atoms with Gasteiger partial charge in [-0.05, 0) is 37.7 Å². The fourth-order valence-electron chi connectivity index (χ4n) is 2.56. The number of aromatic nitrogens is 2. The minimum atomic E-state index is -0.965. The average Bonchev–Trinajstić information content (AvgIpc) is 3.08. The number of carbonyl (C=O) groups excluding carboxylic acids is 1. The van der Waals surface area contributed by atoms with Crippen LogP contribution in [0.2, 0.25) is 0 Å². The van der Waals surface area contributed by atoms with Crippen molar-refractivity contribution in [3.05, 3.63) is 17.5 Å². The fraction of sp³-hybridized carbons (Fsp3) is 0.733. The first-order valence-electron chi connectivity index (χ1n) is 7.49. The minimum Gasteiger partial charge on any atom is -0.469 e. The molecule has 0 amide bonds. The largest absolute Gasteiger partial charge is 0.469 e. The first-order chi connectivity index (χ1) is 10.0. The maximum Gasteiger partial charge on any atom is 0.306 e. The second-order valence-corrected chi connectivity index (χ2v) is 7.23. The topological polar surface area (TPSA) is 61.2 Å². The van der Waals surface area contributed by atoms with E-state index in [9.17, 15) is 9.00 Å². The van der Waals surface area contributed by atoms with Gasteiger partial charge in [0.15, 0.2) is 0 Å². The van der Waals surface area contributed by atoms with Crippen molar-refractivity contribution in [2.45, 2.75) is 51.8 Å². The van der Waals surface area contributed by atoms with Crippen molar-refractivity contribution in [3.8, 4) is 0 Å². The lowest BCUT2D eigenvalue weighted by atomic mass is 10.1. The maximum atomic E-state index is 12.4. The highest BCUT2D eigenvalue weighted by Gasteiger charge is 2.45. The summed E-state index contributed by atoms with van der Waals surface area (Å²) in [5.74, 6) is 0.902. The van der Waals surface area contributed by atoms with Crippen LogP contribution in [0, 0.1) is 5.41 Å². The molecule has 0 aliphatic heterocycles. The molecule has 1 saturated carbocycles. The van der Waals surface area contributed by atoms with Gasteiger partial charge in [-0.1, -0.05) is 6.92 Å². The van der Waals surface area contributed by atoms with Crippen LogP contribution in [0.5, 0.6) is 0 Å². The highest BCUT2D eigenvalue weighted by molar-refractivity contribution is 7.84. The maximum absolute atomic E-state index is 12.4. The van der Waals surface area contributed by atoms with Gasteiger partial charge in [0, 0.05) is 23.1 Å². The van der Waals surface area contributed by atoms with E-state index in [1.165, 1.54) is 7.11 Å². The third kappa shape index (κ3) is 4.15. The summed E-state index contributed by atoms with van der Waals surface area (Å²) >= 11 is 0. The number of aryl methyl sites for hydroxylation is 2. The Kier molecular flexibility index (Phi) is 5.19. The summed E-state index contributed by atoms with van der Waals surface area (Å²) in [4.78, 5) is 11.4. The van der Waals surface area contributed by atoms with Crippen LogP contribution in [0.4, 0.5) is 0 Å². The molecule has 6 heteroatoms. The zero-order valence-electron chi connectivity index (χ0n) is 13.1. The van der Waals surface area contributed by atoms with Gasteiger partial charge in [0.05, 0.1) is 30.7 Å². The average molecular weight is 312 g/mol. The monoisotopic (exact) mass is 312 g/mol. The highest BCUT2D eigenvalue weighted by Crippen LogP contribution is 2.49. The molecular weight excluding hydrogens is 288 g/mol. The minimum absolute atomic E-state index is 0.0807. The van der Waals surface area contributed by atoms with Crippen molar-refractivity contribution in [1.82, 2.24) is 9.78 Å². The van der Waals surface area contributed by atoms with Crippen LogP contribution in [0.25, 0.3) is 0 Å². The second-order valence-electron chi connectivity index (χ2n) is 5.78. The third-order valence-electron chi connectivity index (χ3n) is 4.06. The molecule has 1 aromatic rings. The van der Waals surface area contributed by atoms with Crippen LogP contribution >= 0.6 is 0 Å². The number of ether oxygens (including phenoxy) is 1. The molecule has 1 fully saturated rings. The van der Waals surface area contributed by atoms with E-state index in [-0.39, 0.29) is 11.4 Å². The standard InChI is InChI=1S/C15H24N2O3S/c1-4-12-8-13(17(5-2)16-12)10-21(19)11-15(6-7-15)9-14(18)20-3/h8H,4-7,9-11H2,1-3H3. The van der Waals surface area contributed by atoms with Crippen LogP contribution in [0.3, 0.4) is 0 Å². The Morgan fingerprint density at radius 3 is 2.71 bits per heavy atom. The van der Waals surface area contributed by atoms with E-state index < -0.39 is 10.8 Å². The first kappa shape index (κ1) is 16.2. The number of carbonyl (C=O) groups is 1. The Balaban J connectivity index is 1.96. The molecule has 1 aliphatic carbocycles. The molecule has 0 spiro atoms. The van der Waals surface area contributed by atoms with Gasteiger partial charge in [-0.2, -0.15) is 5.10 Å². The van der Waals surface area contributed by atoms with Crippen molar-refractivity contribution in [3.63, 3.8) is 0 Å². The Labute approximate surface area is 128 Å². The summed E-state index contributed by atoms with van der Waals surface area (Å²) < 4.78 is 19.1. The number of hydrogen-bond acceptors (Lipinski definition) is 4. The van der Waals surface area contributed by atoms with Gasteiger partial charge in [0.25, 0.3) is 0 Å². The molecule has 2 rings (SSSR count). The van der Waals surface area contributed by atoms with E-state index in [4.69, 9.17) is 4.74 Å². The highest BCUT2D eigenvalue weighted by atomic mass is 32.2. The number of methoxy groups -OCH3 is 1. The van der Waals surface area contributed by atoms with Crippen LogP contribution in [-0.4, -0.2) is 32.8 Å². The Bertz CT molecular complexity index is 535. The molecule has 118 valence electrons. The molecule has 0 bridgehead atoms. The lowest BCUT2D eigenvalue weighted by Gasteiger charge is -2.13. The van der Waals surface area contributed by atoms with Crippen molar-refractivity contribution in [2.75, 3.05) is 12.9 Å². The lowest BCUT2D eigenvalue weighted by molar-refractivity contribution is -0.141. The summed E-state index contributed by atoms with van der Waals surface area (Å²) in [5, 5.41) is 4.48. The molecule has 0 N–H and O–H groups in total. The summed E-state index contributed by atoms with van der Waals surface area (Å²) in [6.07, 6.45) is 3.23. The van der Waals surface area contributed by atoms with Crippen LogP contribution < -0.4 is 0 Å². The van der Waals surface area contributed by atoms with Crippen molar-refractivity contribution in [2.24, 2.45) is 5.41 Å². The number of nitrogens with zero attached hydrogens (tertiary/aromatic N) is 2. The van der Waals surface area contributed by atoms with Crippen LogP contribution in [-0.2, 0) is 39.0 Å². The van der Waals surface area contributed by atoms with Gasteiger partial charge < -0.3 is 4.74 Å². The molecule has 21 heavy (non-hydrogen) atoms. The molecule has 0 saturated heterocycles. The molecule has 0 radical (unpaired) electrons. The van der Waals surface area contributed by atoms with Gasteiger partial charge in [-0.25, -0.2) is 0 Å². The summed E-state index contributed by atoms with van der Waals surface area (Å²) in [7, 11) is 0.439. The van der Waals surface area contributed by atoms with E-state index in [0.717, 1.165) is 37.2 Å². The van der Waals surface area contributed by atoms with Gasteiger partial charge in [-0.15, -0.1) is 0 Å². The third-order valence-corrected chi connectivity index (χ3v) is 5.61. The quantitative estimate of drug-likeness (QED) is 0.689. The first-order valence-corrected chi connectivity index (χ1v) is 8.98. The van der Waals surface area contributed by atoms with E-state index in [0.29, 0.717) is 17.9 Å².